The van der Waals surface area contributed by atoms with Gasteiger partial charge in [-0.05, 0) is 19.3 Å². The van der Waals surface area contributed by atoms with Crippen molar-refractivity contribution in [3.05, 3.63) is 0 Å². The molecule has 6 nitrogen and oxygen atoms in total. The van der Waals surface area contributed by atoms with Crippen molar-refractivity contribution in [1.29, 1.82) is 0 Å². The van der Waals surface area contributed by atoms with Crippen LogP contribution >= 0.6 is 0 Å². The predicted octanol–water partition coefficient (Wildman–Crippen LogP) is 1.18. The molecule has 0 amide bonds. The highest BCUT2D eigenvalue weighted by molar-refractivity contribution is 6.69. The third-order valence-electron chi connectivity index (χ3n) is 1.96. The van der Waals surface area contributed by atoms with Crippen LogP contribution in [0.25, 0.3) is 0 Å². The maximum absolute atomic E-state index is 4.75. The molecule has 1 fully saturated rings. The lowest BCUT2D eigenvalue weighted by Crippen LogP contribution is -2.29. The second-order valence-corrected chi connectivity index (χ2v) is 2.92. The van der Waals surface area contributed by atoms with Crippen LogP contribution < -0.4 is 0 Å². The van der Waals surface area contributed by atoms with Gasteiger partial charge >= 0.3 is 0 Å². The zero-order valence-electron chi connectivity index (χ0n) is 9.19. The van der Waals surface area contributed by atoms with E-state index in [9.17, 15) is 0 Å². The van der Waals surface area contributed by atoms with Crippen molar-refractivity contribution >= 4 is 17.1 Å². The number of hydrogen-bond acceptors (Lipinski definition) is 6. The molecule has 0 spiro atoms. The van der Waals surface area contributed by atoms with Crippen LogP contribution in [0.4, 0.5) is 0 Å². The lowest BCUT2D eigenvalue weighted by molar-refractivity contribution is 0.206. The Morgan fingerprint density at radius 1 is 0.800 bits per heavy atom. The largest absolute Gasteiger partial charge is 0.399 e. The van der Waals surface area contributed by atoms with E-state index in [-0.39, 0.29) is 0 Å². The number of oxime groups is 3. The Kier molecular flexibility index (Phi) is 4.59. The molecule has 1 aliphatic rings. The summed E-state index contributed by atoms with van der Waals surface area (Å²) in [7, 11) is 4.48. The van der Waals surface area contributed by atoms with Crippen LogP contribution in [0, 0.1) is 0 Å². The summed E-state index contributed by atoms with van der Waals surface area (Å²) >= 11 is 0. The molecule has 0 bridgehead atoms. The summed E-state index contributed by atoms with van der Waals surface area (Å²) in [5.74, 6) is 0. The first-order valence-electron chi connectivity index (χ1n) is 4.65. The molecule has 1 rings (SSSR count). The summed E-state index contributed by atoms with van der Waals surface area (Å²) in [6.45, 7) is 0. The fourth-order valence-corrected chi connectivity index (χ4v) is 1.42. The summed E-state index contributed by atoms with van der Waals surface area (Å²) in [5, 5.41) is 11.7. The number of nitrogens with zero attached hydrogens (tertiary/aromatic N) is 3. The Morgan fingerprint density at radius 2 is 1.27 bits per heavy atom. The highest BCUT2D eigenvalue weighted by Gasteiger charge is 2.23. The van der Waals surface area contributed by atoms with Crippen molar-refractivity contribution in [2.75, 3.05) is 21.3 Å². The molecular weight excluding hydrogens is 198 g/mol. The van der Waals surface area contributed by atoms with Gasteiger partial charge in [0.25, 0.3) is 0 Å². The van der Waals surface area contributed by atoms with Crippen molar-refractivity contribution in [2.24, 2.45) is 15.5 Å². The summed E-state index contributed by atoms with van der Waals surface area (Å²) in [6, 6.07) is 0. The van der Waals surface area contributed by atoms with E-state index in [2.05, 4.69) is 15.5 Å². The molecule has 0 unspecified atom stereocenters. The van der Waals surface area contributed by atoms with Gasteiger partial charge in [-0.1, -0.05) is 15.5 Å². The zero-order chi connectivity index (χ0) is 11.1. The molecule has 0 N–H and O–H groups in total. The smallest absolute Gasteiger partial charge is 0.152 e. The van der Waals surface area contributed by atoms with E-state index in [0.29, 0.717) is 5.71 Å². The first kappa shape index (κ1) is 11.5. The molecule has 84 valence electrons. The molecule has 15 heavy (non-hydrogen) atoms. The molecule has 0 radical (unpaired) electrons. The van der Waals surface area contributed by atoms with Crippen molar-refractivity contribution in [3.8, 4) is 0 Å². The Morgan fingerprint density at radius 3 is 1.67 bits per heavy atom. The van der Waals surface area contributed by atoms with Gasteiger partial charge in [0.05, 0.1) is 0 Å². The minimum Gasteiger partial charge on any atom is -0.399 e. The molecule has 0 saturated heterocycles. The third kappa shape index (κ3) is 2.93. The molecule has 0 heterocycles. The van der Waals surface area contributed by atoms with Crippen molar-refractivity contribution < 1.29 is 14.5 Å². The predicted molar refractivity (Wildman–Crippen MR) is 57.2 cm³/mol. The van der Waals surface area contributed by atoms with Crippen LogP contribution in [0.15, 0.2) is 15.5 Å². The maximum Gasteiger partial charge on any atom is 0.152 e. The SMILES string of the molecule is CO/N=C1/CCCC(=N\OC)/C1=N\OC. The van der Waals surface area contributed by atoms with Crippen LogP contribution in [0.1, 0.15) is 19.3 Å². The summed E-state index contributed by atoms with van der Waals surface area (Å²) in [5.41, 5.74) is 2.08. The Hall–Kier alpha value is -1.59. The number of hydrogen-bond donors (Lipinski definition) is 0. The van der Waals surface area contributed by atoms with Crippen LogP contribution in [0.2, 0.25) is 0 Å². The second-order valence-electron chi connectivity index (χ2n) is 2.92. The maximum atomic E-state index is 4.75. The van der Waals surface area contributed by atoms with E-state index in [1.807, 2.05) is 0 Å². The van der Waals surface area contributed by atoms with Gasteiger partial charge in [0.15, 0.2) is 5.71 Å². The first-order valence-corrected chi connectivity index (χ1v) is 4.65. The van der Waals surface area contributed by atoms with E-state index >= 15 is 0 Å². The molecule has 0 aliphatic heterocycles. The minimum atomic E-state index is 0.604. The third-order valence-corrected chi connectivity index (χ3v) is 1.96. The Bertz CT molecular complexity index is 273. The molecule has 0 aromatic heterocycles. The molecule has 0 aromatic carbocycles. The van der Waals surface area contributed by atoms with Crippen molar-refractivity contribution in [2.45, 2.75) is 19.3 Å². The highest BCUT2D eigenvalue weighted by Crippen LogP contribution is 2.12. The normalized spacial score (nSPS) is 24.6. The van der Waals surface area contributed by atoms with Crippen LogP contribution in [-0.2, 0) is 14.5 Å². The molecule has 1 saturated carbocycles. The van der Waals surface area contributed by atoms with E-state index in [1.54, 1.807) is 0 Å². The summed E-state index contributed by atoms with van der Waals surface area (Å²) in [6.07, 6.45) is 2.56. The Balaban J connectivity index is 2.96. The first-order chi connectivity index (χ1) is 7.33. The van der Waals surface area contributed by atoms with Gasteiger partial charge in [-0.2, -0.15) is 0 Å². The monoisotopic (exact) mass is 213 g/mol. The van der Waals surface area contributed by atoms with Gasteiger partial charge in [-0.15, -0.1) is 0 Å². The van der Waals surface area contributed by atoms with Gasteiger partial charge in [-0.25, -0.2) is 0 Å². The topological polar surface area (TPSA) is 64.8 Å². The lowest BCUT2D eigenvalue weighted by atomic mass is 9.94. The van der Waals surface area contributed by atoms with Crippen molar-refractivity contribution in [1.82, 2.24) is 0 Å². The van der Waals surface area contributed by atoms with Crippen LogP contribution in [0.5, 0.6) is 0 Å². The molecular formula is C9H15N3O3. The highest BCUT2D eigenvalue weighted by atomic mass is 16.6. The quantitative estimate of drug-likeness (QED) is 0.661. The summed E-state index contributed by atoms with van der Waals surface area (Å²) < 4.78 is 0. The molecule has 0 aromatic rings. The Labute approximate surface area is 88.5 Å². The molecule has 1 aliphatic carbocycles. The zero-order valence-corrected chi connectivity index (χ0v) is 9.19. The second kappa shape index (κ2) is 6.00. The van der Waals surface area contributed by atoms with Gasteiger partial charge in [0.1, 0.15) is 32.8 Å². The van der Waals surface area contributed by atoms with Crippen molar-refractivity contribution in [3.63, 3.8) is 0 Å². The summed E-state index contributed by atoms with van der Waals surface area (Å²) in [4.78, 5) is 14.2. The van der Waals surface area contributed by atoms with E-state index in [4.69, 9.17) is 14.5 Å². The van der Waals surface area contributed by atoms with Crippen LogP contribution in [-0.4, -0.2) is 38.5 Å². The standard InChI is InChI=1S/C9H15N3O3/c1-13-10-7-5-4-6-8(11-14-2)9(7)12-15-3/h4-6H2,1-3H3/b10-7-,11-8+,12-9-. The van der Waals surface area contributed by atoms with Crippen LogP contribution in [0.3, 0.4) is 0 Å². The van der Waals surface area contributed by atoms with Gasteiger partial charge in [0.2, 0.25) is 0 Å². The molecule has 6 heteroatoms. The lowest BCUT2D eigenvalue weighted by Gasteiger charge is -2.15. The van der Waals surface area contributed by atoms with Gasteiger partial charge in [0, 0.05) is 0 Å². The average Bonchev–Trinajstić information content (AvgIpc) is 2.23. The minimum absolute atomic E-state index is 0.604. The molecule has 0 atom stereocenters. The van der Waals surface area contributed by atoms with E-state index < -0.39 is 0 Å². The van der Waals surface area contributed by atoms with E-state index in [0.717, 1.165) is 30.7 Å². The average molecular weight is 213 g/mol. The van der Waals surface area contributed by atoms with Gasteiger partial charge < -0.3 is 14.5 Å². The van der Waals surface area contributed by atoms with Gasteiger partial charge in [-0.3, -0.25) is 0 Å². The number of rotatable bonds is 3. The van der Waals surface area contributed by atoms with E-state index in [1.165, 1.54) is 21.3 Å². The fourth-order valence-electron chi connectivity index (χ4n) is 1.42. The fraction of sp³-hybridized carbons (Fsp3) is 0.667.